The van der Waals surface area contributed by atoms with Crippen LogP contribution in [-0.4, -0.2) is 17.6 Å². The first-order valence-electron chi connectivity index (χ1n) is 7.48. The first-order chi connectivity index (χ1) is 11.2. The fourth-order valence-electron chi connectivity index (χ4n) is 2.55. The molecule has 0 bridgehead atoms. The lowest BCUT2D eigenvalue weighted by Gasteiger charge is -2.12. The van der Waals surface area contributed by atoms with E-state index in [9.17, 15) is 4.79 Å². The van der Waals surface area contributed by atoms with Gasteiger partial charge >= 0.3 is 5.97 Å². The summed E-state index contributed by atoms with van der Waals surface area (Å²) in [5.41, 5.74) is 2.97. The number of rotatable bonds is 4. The van der Waals surface area contributed by atoms with Crippen LogP contribution in [0.2, 0.25) is 0 Å². The van der Waals surface area contributed by atoms with Crippen molar-refractivity contribution in [3.05, 3.63) is 63.5 Å². The van der Waals surface area contributed by atoms with Crippen LogP contribution in [0.1, 0.15) is 33.4 Å². The van der Waals surface area contributed by atoms with E-state index in [0.29, 0.717) is 17.9 Å². The fraction of sp³-hybridized carbons (Fsp3) is 0.158. The number of esters is 1. The van der Waals surface area contributed by atoms with E-state index in [1.807, 2.05) is 67.8 Å². The molecule has 3 rings (SSSR count). The zero-order valence-corrected chi connectivity index (χ0v) is 13.9. The van der Waals surface area contributed by atoms with E-state index >= 15 is 0 Å². The summed E-state index contributed by atoms with van der Waals surface area (Å²) in [5, 5.41) is 2.98. The normalized spacial score (nSPS) is 11.2. The monoisotopic (exact) mass is 323 g/mol. The summed E-state index contributed by atoms with van der Waals surface area (Å²) in [7, 11) is 0. The third kappa shape index (κ3) is 3.17. The highest BCUT2D eigenvalue weighted by molar-refractivity contribution is 7.10. The van der Waals surface area contributed by atoms with Gasteiger partial charge in [0.15, 0.2) is 0 Å². The number of ether oxygens (including phenoxy) is 1. The van der Waals surface area contributed by atoms with Gasteiger partial charge in [0.2, 0.25) is 0 Å². The Balaban J connectivity index is 2.21. The van der Waals surface area contributed by atoms with Gasteiger partial charge in [0, 0.05) is 15.8 Å². The molecule has 116 valence electrons. The van der Waals surface area contributed by atoms with E-state index < -0.39 is 0 Å². The summed E-state index contributed by atoms with van der Waals surface area (Å²) in [6, 6.07) is 11.9. The minimum Gasteiger partial charge on any atom is -0.462 e. The van der Waals surface area contributed by atoms with Crippen molar-refractivity contribution in [3.8, 4) is 0 Å². The number of thiophene rings is 1. The van der Waals surface area contributed by atoms with Crippen molar-refractivity contribution < 1.29 is 9.53 Å². The van der Waals surface area contributed by atoms with Crippen molar-refractivity contribution in [1.82, 2.24) is 4.98 Å². The van der Waals surface area contributed by atoms with Crippen LogP contribution in [0, 0.1) is 6.92 Å². The van der Waals surface area contributed by atoms with E-state index in [1.165, 1.54) is 0 Å². The third-order valence-corrected chi connectivity index (χ3v) is 4.39. The zero-order chi connectivity index (χ0) is 16.2. The largest absolute Gasteiger partial charge is 0.462 e. The maximum absolute atomic E-state index is 12.4. The van der Waals surface area contributed by atoms with E-state index in [-0.39, 0.29) is 5.97 Å². The Bertz CT molecular complexity index is 866. The van der Waals surface area contributed by atoms with Gasteiger partial charge in [0.1, 0.15) is 0 Å². The highest BCUT2D eigenvalue weighted by atomic mass is 32.1. The number of carbonyl (C=O) groups excluding carboxylic acids is 1. The number of hydrogen-bond acceptors (Lipinski definition) is 4. The number of carbonyl (C=O) groups is 1. The third-order valence-electron chi connectivity index (χ3n) is 3.55. The molecule has 2 heterocycles. The summed E-state index contributed by atoms with van der Waals surface area (Å²) >= 11 is 1.66. The average molecular weight is 323 g/mol. The Kier molecular flexibility index (Phi) is 4.53. The number of fused-ring (bicyclic) bond motifs is 1. The molecule has 0 radical (unpaired) electrons. The number of nitrogens with zero attached hydrogens (tertiary/aromatic N) is 1. The standard InChI is InChI=1S/C19H17NO2S/c1-3-22-19(21)18-13(2)20-17-9-5-4-8-15(17)16(18)11-10-14-7-6-12-23-14/h4-12H,3H2,1-2H3/b11-10+. The second kappa shape index (κ2) is 6.75. The Morgan fingerprint density at radius 1 is 1.22 bits per heavy atom. The Morgan fingerprint density at radius 3 is 2.78 bits per heavy atom. The smallest absolute Gasteiger partial charge is 0.340 e. The van der Waals surface area contributed by atoms with Crippen molar-refractivity contribution in [2.75, 3.05) is 6.61 Å². The lowest BCUT2D eigenvalue weighted by molar-refractivity contribution is 0.0525. The van der Waals surface area contributed by atoms with E-state index in [2.05, 4.69) is 4.98 Å². The molecule has 0 N–H and O–H groups in total. The van der Waals surface area contributed by atoms with E-state index in [1.54, 1.807) is 11.3 Å². The highest BCUT2D eigenvalue weighted by Crippen LogP contribution is 2.26. The maximum Gasteiger partial charge on any atom is 0.340 e. The molecule has 0 aliphatic heterocycles. The summed E-state index contributed by atoms with van der Waals surface area (Å²) in [5.74, 6) is -0.325. The number of aryl methyl sites for hydroxylation is 1. The molecule has 0 saturated carbocycles. The molecule has 4 heteroatoms. The van der Waals surface area contributed by atoms with Crippen LogP contribution < -0.4 is 0 Å². The molecule has 0 saturated heterocycles. The van der Waals surface area contributed by atoms with Crippen molar-refractivity contribution in [3.63, 3.8) is 0 Å². The zero-order valence-electron chi connectivity index (χ0n) is 13.1. The van der Waals surface area contributed by atoms with Crippen molar-refractivity contribution in [2.45, 2.75) is 13.8 Å². The molecule has 0 atom stereocenters. The topological polar surface area (TPSA) is 39.2 Å². The van der Waals surface area contributed by atoms with Crippen LogP contribution >= 0.6 is 11.3 Å². The minimum absolute atomic E-state index is 0.325. The maximum atomic E-state index is 12.4. The van der Waals surface area contributed by atoms with Gasteiger partial charge < -0.3 is 4.74 Å². The molecule has 3 aromatic rings. The van der Waals surface area contributed by atoms with Crippen molar-refractivity contribution in [1.29, 1.82) is 0 Å². The number of pyridine rings is 1. The van der Waals surface area contributed by atoms with Gasteiger partial charge in [0.25, 0.3) is 0 Å². The highest BCUT2D eigenvalue weighted by Gasteiger charge is 2.18. The fourth-order valence-corrected chi connectivity index (χ4v) is 3.17. The molecule has 0 amide bonds. The van der Waals surface area contributed by atoms with Crippen molar-refractivity contribution in [2.24, 2.45) is 0 Å². The van der Waals surface area contributed by atoms with Crippen LogP contribution in [0.4, 0.5) is 0 Å². The van der Waals surface area contributed by atoms with Gasteiger partial charge in [-0.05, 0) is 37.4 Å². The van der Waals surface area contributed by atoms with Crippen LogP contribution in [0.3, 0.4) is 0 Å². The van der Waals surface area contributed by atoms with Gasteiger partial charge in [0.05, 0.1) is 23.4 Å². The Hall–Kier alpha value is -2.46. The number of hydrogen-bond donors (Lipinski definition) is 0. The predicted molar refractivity (Wildman–Crippen MR) is 95.7 cm³/mol. The molecule has 23 heavy (non-hydrogen) atoms. The number of benzene rings is 1. The van der Waals surface area contributed by atoms with Gasteiger partial charge in [-0.25, -0.2) is 4.79 Å². The average Bonchev–Trinajstić information content (AvgIpc) is 3.05. The first-order valence-corrected chi connectivity index (χ1v) is 8.36. The van der Waals surface area contributed by atoms with Crippen molar-refractivity contribution >= 4 is 40.4 Å². The van der Waals surface area contributed by atoms with Gasteiger partial charge in [-0.2, -0.15) is 0 Å². The number of para-hydroxylation sites is 1. The molecule has 0 fully saturated rings. The molecule has 0 spiro atoms. The molecule has 0 unspecified atom stereocenters. The Labute approximate surface area is 139 Å². The van der Waals surface area contributed by atoms with E-state index in [0.717, 1.165) is 21.3 Å². The van der Waals surface area contributed by atoms with Crippen LogP contribution in [0.5, 0.6) is 0 Å². The molecule has 0 aliphatic carbocycles. The lowest BCUT2D eigenvalue weighted by atomic mass is 10.00. The summed E-state index contributed by atoms with van der Waals surface area (Å²) < 4.78 is 5.23. The van der Waals surface area contributed by atoms with Crippen LogP contribution in [-0.2, 0) is 4.74 Å². The van der Waals surface area contributed by atoms with E-state index in [4.69, 9.17) is 4.74 Å². The summed E-state index contributed by atoms with van der Waals surface area (Å²) in [4.78, 5) is 18.1. The van der Waals surface area contributed by atoms with Gasteiger partial charge in [-0.1, -0.05) is 30.3 Å². The molecule has 2 aromatic heterocycles. The summed E-state index contributed by atoms with van der Waals surface area (Å²) in [6.07, 6.45) is 4.00. The summed E-state index contributed by atoms with van der Waals surface area (Å²) in [6.45, 7) is 4.00. The molecule has 0 aliphatic rings. The van der Waals surface area contributed by atoms with Crippen LogP contribution in [0.25, 0.3) is 23.1 Å². The second-order valence-corrected chi connectivity index (χ2v) is 6.05. The van der Waals surface area contributed by atoms with Gasteiger partial charge in [-0.3, -0.25) is 4.98 Å². The Morgan fingerprint density at radius 2 is 2.04 bits per heavy atom. The predicted octanol–water partition coefficient (Wildman–Crippen LogP) is 4.95. The van der Waals surface area contributed by atoms with Gasteiger partial charge in [-0.15, -0.1) is 11.3 Å². The molecular formula is C19H17NO2S. The molecular weight excluding hydrogens is 306 g/mol. The second-order valence-electron chi connectivity index (χ2n) is 5.07. The first kappa shape index (κ1) is 15.4. The SMILES string of the molecule is CCOC(=O)c1c(C)nc2ccccc2c1/C=C/c1cccs1. The lowest BCUT2D eigenvalue weighted by Crippen LogP contribution is -2.10. The molecule has 3 nitrogen and oxygen atoms in total. The molecule has 1 aromatic carbocycles. The minimum atomic E-state index is -0.325. The number of aromatic nitrogens is 1. The quantitative estimate of drug-likeness (QED) is 0.638. The van der Waals surface area contributed by atoms with Crippen LogP contribution in [0.15, 0.2) is 41.8 Å².